The van der Waals surface area contributed by atoms with E-state index in [1.165, 1.54) is 0 Å². The molecule has 1 heterocycles. The van der Waals surface area contributed by atoms with E-state index in [4.69, 9.17) is 5.26 Å². The number of aromatic nitrogens is 1. The summed E-state index contributed by atoms with van der Waals surface area (Å²) < 4.78 is 0. The zero-order chi connectivity index (χ0) is 11.2. The summed E-state index contributed by atoms with van der Waals surface area (Å²) in [5.74, 6) is 0.0763. The summed E-state index contributed by atoms with van der Waals surface area (Å²) in [6, 6.07) is 18.1. The summed E-state index contributed by atoms with van der Waals surface area (Å²) >= 11 is 0. The Morgan fingerprint density at radius 1 is 1.06 bits per heavy atom. The second-order valence-electron chi connectivity index (χ2n) is 3.58. The van der Waals surface area contributed by atoms with Gasteiger partial charge >= 0.3 is 0 Å². The lowest BCUT2D eigenvalue weighted by Gasteiger charge is -2.12. The highest BCUT2D eigenvalue weighted by atomic mass is 14.7. The van der Waals surface area contributed by atoms with Crippen LogP contribution in [0.2, 0.25) is 0 Å². The normalized spacial score (nSPS) is 11.7. The van der Waals surface area contributed by atoms with Crippen LogP contribution in [0.1, 0.15) is 23.6 Å². The quantitative estimate of drug-likeness (QED) is 0.777. The number of benzene rings is 1. The van der Waals surface area contributed by atoms with Gasteiger partial charge in [-0.2, -0.15) is 5.26 Å². The standard InChI is InChI=1S/C14H12N2/c15-10-9-13(12-6-2-1-3-7-12)14-8-4-5-11-16-14/h1-8,11,13H,9H2. The zero-order valence-electron chi connectivity index (χ0n) is 8.88. The molecular formula is C14H12N2. The Morgan fingerprint density at radius 2 is 1.81 bits per heavy atom. The van der Waals surface area contributed by atoms with Crippen molar-refractivity contribution in [2.75, 3.05) is 0 Å². The Kier molecular flexibility index (Phi) is 3.30. The van der Waals surface area contributed by atoms with E-state index < -0.39 is 0 Å². The Hall–Kier alpha value is -2.14. The van der Waals surface area contributed by atoms with Gasteiger partial charge in [0.1, 0.15) is 0 Å². The van der Waals surface area contributed by atoms with E-state index in [-0.39, 0.29) is 5.92 Å². The smallest absolute Gasteiger partial charge is 0.0632 e. The van der Waals surface area contributed by atoms with Crippen LogP contribution in [-0.4, -0.2) is 4.98 Å². The Bertz CT molecular complexity index is 432. The van der Waals surface area contributed by atoms with Crippen LogP contribution >= 0.6 is 0 Å². The molecule has 2 nitrogen and oxygen atoms in total. The Labute approximate surface area is 95.2 Å². The lowest BCUT2D eigenvalue weighted by Crippen LogP contribution is -2.02. The maximum absolute atomic E-state index is 8.88. The number of nitrogens with zero attached hydrogens (tertiary/aromatic N) is 2. The molecule has 1 atom stereocenters. The summed E-state index contributed by atoms with van der Waals surface area (Å²) in [4.78, 5) is 4.32. The van der Waals surface area contributed by atoms with Gasteiger partial charge in [0.25, 0.3) is 0 Å². The molecule has 0 saturated carbocycles. The lowest BCUT2D eigenvalue weighted by atomic mass is 9.93. The van der Waals surface area contributed by atoms with Gasteiger partial charge in [-0.15, -0.1) is 0 Å². The highest BCUT2D eigenvalue weighted by molar-refractivity contribution is 5.29. The third-order valence-corrected chi connectivity index (χ3v) is 2.54. The van der Waals surface area contributed by atoms with Gasteiger partial charge in [-0.3, -0.25) is 4.98 Å². The van der Waals surface area contributed by atoms with Gasteiger partial charge in [-0.25, -0.2) is 0 Å². The third-order valence-electron chi connectivity index (χ3n) is 2.54. The van der Waals surface area contributed by atoms with E-state index in [9.17, 15) is 0 Å². The molecule has 78 valence electrons. The molecule has 0 amide bonds. The topological polar surface area (TPSA) is 36.7 Å². The molecule has 0 fully saturated rings. The summed E-state index contributed by atoms with van der Waals surface area (Å²) in [7, 11) is 0. The lowest BCUT2D eigenvalue weighted by molar-refractivity contribution is 0.802. The summed E-state index contributed by atoms with van der Waals surface area (Å²) in [5.41, 5.74) is 2.10. The molecule has 2 heteroatoms. The van der Waals surface area contributed by atoms with E-state index in [1.807, 2.05) is 48.5 Å². The number of hydrogen-bond donors (Lipinski definition) is 0. The zero-order valence-corrected chi connectivity index (χ0v) is 8.88. The van der Waals surface area contributed by atoms with Gasteiger partial charge in [-0.05, 0) is 17.7 Å². The minimum atomic E-state index is 0.0763. The maximum Gasteiger partial charge on any atom is 0.0632 e. The van der Waals surface area contributed by atoms with Crippen LogP contribution in [0.15, 0.2) is 54.7 Å². The molecule has 1 aromatic carbocycles. The first-order chi connectivity index (χ1) is 7.92. The van der Waals surface area contributed by atoms with Crippen LogP contribution in [0.25, 0.3) is 0 Å². The molecule has 1 aromatic heterocycles. The number of pyridine rings is 1. The fourth-order valence-corrected chi connectivity index (χ4v) is 1.75. The van der Waals surface area contributed by atoms with E-state index >= 15 is 0 Å². The first-order valence-corrected chi connectivity index (χ1v) is 5.24. The fraction of sp³-hybridized carbons (Fsp3) is 0.143. The molecule has 2 aromatic rings. The molecular weight excluding hydrogens is 196 g/mol. The van der Waals surface area contributed by atoms with Crippen LogP contribution in [0.3, 0.4) is 0 Å². The van der Waals surface area contributed by atoms with Crippen LogP contribution in [0.5, 0.6) is 0 Å². The van der Waals surface area contributed by atoms with Crippen molar-refractivity contribution in [2.45, 2.75) is 12.3 Å². The van der Waals surface area contributed by atoms with Crippen LogP contribution in [-0.2, 0) is 0 Å². The van der Waals surface area contributed by atoms with Gasteiger partial charge < -0.3 is 0 Å². The fourth-order valence-electron chi connectivity index (χ4n) is 1.75. The minimum Gasteiger partial charge on any atom is -0.261 e. The molecule has 2 rings (SSSR count). The van der Waals surface area contributed by atoms with Gasteiger partial charge in [0.15, 0.2) is 0 Å². The van der Waals surface area contributed by atoms with E-state index in [0.717, 1.165) is 11.3 Å². The summed E-state index contributed by atoms with van der Waals surface area (Å²) in [6.07, 6.45) is 2.23. The molecule has 0 aliphatic heterocycles. The summed E-state index contributed by atoms with van der Waals surface area (Å²) in [5, 5.41) is 8.88. The van der Waals surface area contributed by atoms with Gasteiger partial charge in [0, 0.05) is 24.2 Å². The van der Waals surface area contributed by atoms with Gasteiger partial charge in [0.2, 0.25) is 0 Å². The van der Waals surface area contributed by atoms with E-state index in [2.05, 4.69) is 11.1 Å². The average Bonchev–Trinajstić information content (AvgIpc) is 2.38. The van der Waals surface area contributed by atoms with Crippen LogP contribution < -0.4 is 0 Å². The molecule has 0 N–H and O–H groups in total. The molecule has 0 aliphatic rings. The Morgan fingerprint density at radius 3 is 2.44 bits per heavy atom. The highest BCUT2D eigenvalue weighted by Crippen LogP contribution is 2.25. The van der Waals surface area contributed by atoms with Gasteiger partial charge in [0.05, 0.1) is 6.07 Å². The predicted octanol–water partition coefficient (Wildman–Crippen LogP) is 3.13. The largest absolute Gasteiger partial charge is 0.261 e. The monoisotopic (exact) mass is 208 g/mol. The molecule has 0 bridgehead atoms. The SMILES string of the molecule is N#CCC(c1ccccc1)c1ccccn1. The highest BCUT2D eigenvalue weighted by Gasteiger charge is 2.14. The van der Waals surface area contributed by atoms with Crippen molar-refractivity contribution < 1.29 is 0 Å². The van der Waals surface area contributed by atoms with Crippen LogP contribution in [0, 0.1) is 11.3 Å². The maximum atomic E-state index is 8.88. The third kappa shape index (κ3) is 2.26. The number of hydrogen-bond acceptors (Lipinski definition) is 2. The molecule has 1 unspecified atom stereocenters. The Balaban J connectivity index is 2.36. The van der Waals surface area contributed by atoms with Crippen molar-refractivity contribution in [3.05, 3.63) is 66.0 Å². The van der Waals surface area contributed by atoms with Crippen molar-refractivity contribution >= 4 is 0 Å². The second kappa shape index (κ2) is 5.09. The van der Waals surface area contributed by atoms with Gasteiger partial charge in [-0.1, -0.05) is 36.4 Å². The van der Waals surface area contributed by atoms with E-state index in [1.54, 1.807) is 6.20 Å². The van der Waals surface area contributed by atoms with Crippen molar-refractivity contribution in [1.82, 2.24) is 4.98 Å². The first-order valence-electron chi connectivity index (χ1n) is 5.24. The number of rotatable bonds is 3. The second-order valence-corrected chi connectivity index (χ2v) is 3.58. The van der Waals surface area contributed by atoms with Crippen LogP contribution in [0.4, 0.5) is 0 Å². The molecule has 0 spiro atoms. The number of nitriles is 1. The first kappa shape index (κ1) is 10.4. The van der Waals surface area contributed by atoms with Crippen molar-refractivity contribution in [2.24, 2.45) is 0 Å². The molecule has 0 radical (unpaired) electrons. The molecule has 0 saturated heterocycles. The van der Waals surface area contributed by atoms with E-state index in [0.29, 0.717) is 6.42 Å². The molecule has 0 aliphatic carbocycles. The summed E-state index contributed by atoms with van der Waals surface area (Å²) in [6.45, 7) is 0. The van der Waals surface area contributed by atoms with Crippen molar-refractivity contribution in [3.8, 4) is 6.07 Å². The minimum absolute atomic E-state index is 0.0763. The predicted molar refractivity (Wildman–Crippen MR) is 62.8 cm³/mol. The molecule has 16 heavy (non-hydrogen) atoms. The van der Waals surface area contributed by atoms with Crippen molar-refractivity contribution in [1.29, 1.82) is 5.26 Å². The average molecular weight is 208 g/mol. The van der Waals surface area contributed by atoms with Crippen molar-refractivity contribution in [3.63, 3.8) is 0 Å².